The molecule has 184 valence electrons. The first-order valence-electron chi connectivity index (χ1n) is 12.2. The zero-order chi connectivity index (χ0) is 23.2. The summed E-state index contributed by atoms with van der Waals surface area (Å²) in [6.07, 6.45) is 7.69. The predicted molar refractivity (Wildman–Crippen MR) is 121 cm³/mol. The number of ether oxygens (including phenoxy) is 5. The van der Waals surface area contributed by atoms with E-state index in [0.29, 0.717) is 39.6 Å². The molecular weight excluding hydrogens is 400 g/mol. The van der Waals surface area contributed by atoms with Gasteiger partial charge in [-0.3, -0.25) is 9.59 Å². The third kappa shape index (κ3) is 17.1. The summed E-state index contributed by atoms with van der Waals surface area (Å²) in [5, 5.41) is 0. The molecule has 0 aliphatic heterocycles. The van der Waals surface area contributed by atoms with Crippen molar-refractivity contribution in [3.8, 4) is 0 Å². The van der Waals surface area contributed by atoms with Crippen LogP contribution in [0.15, 0.2) is 0 Å². The van der Waals surface area contributed by atoms with Gasteiger partial charge >= 0.3 is 11.9 Å². The molecule has 0 aromatic heterocycles. The second kappa shape index (κ2) is 22.0. The monoisotopic (exact) mass is 446 g/mol. The summed E-state index contributed by atoms with van der Waals surface area (Å²) < 4.78 is 26.8. The molecule has 0 spiro atoms. The highest BCUT2D eigenvalue weighted by molar-refractivity contribution is 5.72. The molecule has 0 unspecified atom stereocenters. The Kier molecular flexibility index (Phi) is 21.2. The van der Waals surface area contributed by atoms with Crippen LogP contribution < -0.4 is 0 Å². The molecule has 31 heavy (non-hydrogen) atoms. The lowest BCUT2D eigenvalue weighted by Gasteiger charge is -2.14. The molecule has 0 aliphatic rings. The highest BCUT2D eigenvalue weighted by Gasteiger charge is 2.17. The van der Waals surface area contributed by atoms with Gasteiger partial charge < -0.3 is 23.7 Å². The number of hydrogen-bond acceptors (Lipinski definition) is 7. The Morgan fingerprint density at radius 2 is 0.871 bits per heavy atom. The Hall–Kier alpha value is -1.18. The molecule has 0 radical (unpaired) electrons. The lowest BCUT2D eigenvalue weighted by molar-refractivity contribution is -0.151. The van der Waals surface area contributed by atoms with Crippen LogP contribution in [-0.4, -0.2) is 64.8 Å². The van der Waals surface area contributed by atoms with E-state index < -0.39 is 0 Å². The summed E-state index contributed by atoms with van der Waals surface area (Å²) in [7, 11) is 0. The van der Waals surface area contributed by atoms with Gasteiger partial charge in [0.2, 0.25) is 0 Å². The van der Waals surface area contributed by atoms with Gasteiger partial charge in [-0.05, 0) is 25.7 Å². The van der Waals surface area contributed by atoms with Crippen molar-refractivity contribution in [3.63, 3.8) is 0 Å². The van der Waals surface area contributed by atoms with Gasteiger partial charge in [-0.25, -0.2) is 0 Å². The average molecular weight is 447 g/mol. The third-order valence-electron chi connectivity index (χ3n) is 5.15. The minimum atomic E-state index is -0.121. The number of esters is 2. The SMILES string of the molecule is CCCC[C@H](CC)C(=O)OCCOCCOCCOCCOC(=O)[C@@H](CC)CCCC. The van der Waals surface area contributed by atoms with Gasteiger partial charge in [0.05, 0.1) is 51.5 Å². The van der Waals surface area contributed by atoms with Crippen molar-refractivity contribution in [2.24, 2.45) is 11.8 Å². The molecule has 0 fully saturated rings. The minimum absolute atomic E-state index is 0.000865. The molecule has 0 aromatic carbocycles. The maximum absolute atomic E-state index is 11.9. The summed E-state index contributed by atoms with van der Waals surface area (Å²) in [4.78, 5) is 23.9. The van der Waals surface area contributed by atoms with Gasteiger partial charge in [0.1, 0.15) is 13.2 Å². The Morgan fingerprint density at radius 3 is 1.16 bits per heavy atom. The van der Waals surface area contributed by atoms with E-state index in [1.165, 1.54) is 0 Å². The average Bonchev–Trinajstić information content (AvgIpc) is 2.77. The molecule has 0 saturated carbocycles. The number of rotatable bonds is 22. The van der Waals surface area contributed by atoms with E-state index in [-0.39, 0.29) is 37.0 Å². The fraction of sp³-hybridized carbons (Fsp3) is 0.917. The summed E-state index contributed by atoms with van der Waals surface area (Å²) in [5.41, 5.74) is 0. The van der Waals surface area contributed by atoms with Crippen LogP contribution in [-0.2, 0) is 33.3 Å². The topological polar surface area (TPSA) is 80.3 Å². The van der Waals surface area contributed by atoms with Crippen molar-refractivity contribution in [1.82, 2.24) is 0 Å². The summed E-state index contributed by atoms with van der Waals surface area (Å²) in [6.45, 7) is 11.4. The normalized spacial score (nSPS) is 13.0. The van der Waals surface area contributed by atoms with E-state index in [0.717, 1.165) is 51.4 Å². The van der Waals surface area contributed by atoms with E-state index in [1.54, 1.807) is 0 Å². The second-order valence-corrected chi connectivity index (χ2v) is 7.67. The zero-order valence-corrected chi connectivity index (χ0v) is 20.3. The molecule has 0 rings (SSSR count). The third-order valence-corrected chi connectivity index (χ3v) is 5.15. The van der Waals surface area contributed by atoms with Crippen molar-refractivity contribution < 1.29 is 33.3 Å². The van der Waals surface area contributed by atoms with E-state index >= 15 is 0 Å². The van der Waals surface area contributed by atoms with Gasteiger partial charge in [0.15, 0.2) is 0 Å². The fourth-order valence-corrected chi connectivity index (χ4v) is 3.06. The Balaban J connectivity index is 3.47. The van der Waals surface area contributed by atoms with E-state index in [9.17, 15) is 9.59 Å². The molecule has 0 N–H and O–H groups in total. The smallest absolute Gasteiger partial charge is 0.308 e. The minimum Gasteiger partial charge on any atom is -0.463 e. The molecule has 7 heteroatoms. The van der Waals surface area contributed by atoms with Crippen molar-refractivity contribution in [2.75, 3.05) is 52.9 Å². The zero-order valence-electron chi connectivity index (χ0n) is 20.3. The van der Waals surface area contributed by atoms with Crippen molar-refractivity contribution in [1.29, 1.82) is 0 Å². The maximum Gasteiger partial charge on any atom is 0.308 e. The van der Waals surface area contributed by atoms with Gasteiger partial charge in [-0.15, -0.1) is 0 Å². The summed E-state index contributed by atoms with van der Waals surface area (Å²) in [5.74, 6) is -0.239. The Bertz CT molecular complexity index is 390. The van der Waals surface area contributed by atoms with Crippen LogP contribution in [0.25, 0.3) is 0 Å². The molecule has 0 heterocycles. The molecule has 0 amide bonds. The van der Waals surface area contributed by atoms with Crippen LogP contribution >= 0.6 is 0 Å². The molecule has 0 aliphatic carbocycles. The quantitative estimate of drug-likeness (QED) is 0.178. The van der Waals surface area contributed by atoms with E-state index in [4.69, 9.17) is 23.7 Å². The standard InChI is InChI=1S/C24H46O7/c1-5-9-11-21(7-3)23(25)30-19-17-28-15-13-27-14-16-29-18-20-31-24(26)22(8-4)12-10-6-2/h21-22H,5-20H2,1-4H3/t21-,22-/m0/s1. The maximum atomic E-state index is 11.9. The van der Waals surface area contributed by atoms with Crippen LogP contribution in [0.1, 0.15) is 79.1 Å². The van der Waals surface area contributed by atoms with Crippen LogP contribution in [0.5, 0.6) is 0 Å². The first kappa shape index (κ1) is 29.8. The lowest BCUT2D eigenvalue weighted by Crippen LogP contribution is -2.20. The number of hydrogen-bond donors (Lipinski definition) is 0. The largest absolute Gasteiger partial charge is 0.463 e. The van der Waals surface area contributed by atoms with E-state index in [2.05, 4.69) is 13.8 Å². The van der Waals surface area contributed by atoms with Gasteiger partial charge in [0, 0.05) is 0 Å². The van der Waals surface area contributed by atoms with Crippen molar-refractivity contribution in [2.45, 2.75) is 79.1 Å². The predicted octanol–water partition coefficient (Wildman–Crippen LogP) is 4.56. The van der Waals surface area contributed by atoms with Crippen LogP contribution in [0.2, 0.25) is 0 Å². The number of carbonyl (C=O) groups is 2. The molecule has 0 aromatic rings. The highest BCUT2D eigenvalue weighted by atomic mass is 16.6. The highest BCUT2D eigenvalue weighted by Crippen LogP contribution is 2.15. The molecule has 0 saturated heterocycles. The fourth-order valence-electron chi connectivity index (χ4n) is 3.06. The number of unbranched alkanes of at least 4 members (excludes halogenated alkanes) is 2. The van der Waals surface area contributed by atoms with Crippen LogP contribution in [0.3, 0.4) is 0 Å². The summed E-state index contributed by atoms with van der Waals surface area (Å²) >= 11 is 0. The van der Waals surface area contributed by atoms with Gasteiger partial charge in [0.25, 0.3) is 0 Å². The Morgan fingerprint density at radius 1 is 0.548 bits per heavy atom. The molecule has 2 atom stereocenters. The second-order valence-electron chi connectivity index (χ2n) is 7.67. The number of carbonyl (C=O) groups excluding carboxylic acids is 2. The van der Waals surface area contributed by atoms with E-state index in [1.807, 2.05) is 13.8 Å². The van der Waals surface area contributed by atoms with Gasteiger partial charge in [-0.1, -0.05) is 53.4 Å². The van der Waals surface area contributed by atoms with Crippen LogP contribution in [0, 0.1) is 11.8 Å². The van der Waals surface area contributed by atoms with Crippen molar-refractivity contribution >= 4 is 11.9 Å². The van der Waals surface area contributed by atoms with Crippen LogP contribution in [0.4, 0.5) is 0 Å². The first-order valence-corrected chi connectivity index (χ1v) is 12.2. The molecule has 7 nitrogen and oxygen atoms in total. The Labute approximate surface area is 189 Å². The molecular formula is C24H46O7. The first-order chi connectivity index (χ1) is 15.1. The molecule has 0 bridgehead atoms. The van der Waals surface area contributed by atoms with Gasteiger partial charge in [-0.2, -0.15) is 0 Å². The summed E-state index contributed by atoms with van der Waals surface area (Å²) in [6, 6.07) is 0. The van der Waals surface area contributed by atoms with Crippen molar-refractivity contribution in [3.05, 3.63) is 0 Å². The lowest BCUT2D eigenvalue weighted by atomic mass is 10.00.